The van der Waals surface area contributed by atoms with Crippen LogP contribution in [0.5, 0.6) is 5.75 Å². The van der Waals surface area contributed by atoms with Gasteiger partial charge in [0, 0.05) is 22.0 Å². The molecule has 0 aromatic heterocycles. The van der Waals surface area contributed by atoms with E-state index >= 15 is 0 Å². The Morgan fingerprint density at radius 2 is 1.92 bits per heavy atom. The van der Waals surface area contributed by atoms with E-state index in [0.717, 1.165) is 72.5 Å². The van der Waals surface area contributed by atoms with Crippen LogP contribution in [0.3, 0.4) is 0 Å². The third-order valence-electron chi connectivity index (χ3n) is 8.82. The molecule has 2 amide bonds. The average molecular weight is 573 g/mol. The van der Waals surface area contributed by atoms with Crippen molar-refractivity contribution in [2.24, 2.45) is 17.8 Å². The highest BCUT2D eigenvalue weighted by Crippen LogP contribution is 2.50. The fourth-order valence-electron chi connectivity index (χ4n) is 7.11. The second-order valence-corrected chi connectivity index (χ2v) is 12.0. The smallest absolute Gasteiger partial charge is 0.234 e. The molecule has 2 heterocycles. The molecule has 37 heavy (non-hydrogen) atoms. The van der Waals surface area contributed by atoms with Crippen LogP contribution in [0.25, 0.3) is 6.08 Å². The Balaban J connectivity index is 1.35. The van der Waals surface area contributed by atoms with E-state index in [0.29, 0.717) is 13.0 Å². The van der Waals surface area contributed by atoms with E-state index < -0.39 is 0 Å². The molecule has 0 bridgehead atoms. The molecule has 1 aromatic carbocycles. The van der Waals surface area contributed by atoms with E-state index in [1.165, 1.54) is 12.0 Å². The molecule has 2 N–H and O–H groups in total. The van der Waals surface area contributed by atoms with E-state index in [-0.39, 0.29) is 54.1 Å². The summed E-state index contributed by atoms with van der Waals surface area (Å²) in [5, 5.41) is 20.6. The van der Waals surface area contributed by atoms with E-state index in [2.05, 4.69) is 28.9 Å². The minimum atomic E-state index is -0.359. The molecule has 0 unspecified atom stereocenters. The minimum absolute atomic E-state index is 0.0117. The molecule has 4 aliphatic rings. The highest BCUT2D eigenvalue weighted by molar-refractivity contribution is 9.10. The summed E-state index contributed by atoms with van der Waals surface area (Å²) in [7, 11) is 0. The summed E-state index contributed by atoms with van der Waals surface area (Å²) in [6.07, 6.45) is 11.0. The molecule has 0 spiro atoms. The van der Waals surface area contributed by atoms with Gasteiger partial charge in [-0.2, -0.15) is 0 Å². The number of likely N-dealkylation sites (tertiary alicyclic amines) is 1. The highest BCUT2D eigenvalue weighted by atomic mass is 79.9. The SMILES string of the molecule is CCC/C(=C\c1cc(Br)ccc1O)CC[C@H]1OC[C@H]2C1=C(CO)C[C@H]1C(=O)N(C3CCCCC3)C(=O)[C@H]12. The van der Waals surface area contributed by atoms with Gasteiger partial charge in [-0.3, -0.25) is 14.5 Å². The number of imide groups is 1. The number of aliphatic hydroxyl groups excluding tert-OH is 1. The molecule has 2 aliphatic heterocycles. The maximum atomic E-state index is 13.6. The molecule has 5 rings (SSSR count). The van der Waals surface area contributed by atoms with E-state index in [1.807, 2.05) is 12.1 Å². The number of amides is 2. The summed E-state index contributed by atoms with van der Waals surface area (Å²) < 4.78 is 7.21. The second kappa shape index (κ2) is 11.4. The normalized spacial score (nSPS) is 28.7. The number of fused-ring (bicyclic) bond motifs is 3. The van der Waals surface area contributed by atoms with Crippen molar-refractivity contribution in [3.63, 3.8) is 0 Å². The van der Waals surface area contributed by atoms with E-state index in [1.54, 1.807) is 11.0 Å². The van der Waals surface area contributed by atoms with Crippen LogP contribution in [-0.4, -0.2) is 52.3 Å². The lowest BCUT2D eigenvalue weighted by Gasteiger charge is -2.31. The van der Waals surface area contributed by atoms with Crippen molar-refractivity contribution in [3.8, 4) is 5.75 Å². The third kappa shape index (κ3) is 5.19. The summed E-state index contributed by atoms with van der Waals surface area (Å²) >= 11 is 3.49. The zero-order chi connectivity index (χ0) is 26.1. The van der Waals surface area contributed by atoms with Crippen molar-refractivity contribution in [1.29, 1.82) is 0 Å². The van der Waals surface area contributed by atoms with Gasteiger partial charge in [-0.1, -0.05) is 60.2 Å². The molecule has 1 aromatic rings. The number of halogens is 1. The lowest BCUT2D eigenvalue weighted by molar-refractivity contribution is -0.143. The number of aromatic hydroxyl groups is 1. The highest BCUT2D eigenvalue weighted by Gasteiger charge is 2.58. The van der Waals surface area contributed by atoms with Crippen molar-refractivity contribution in [2.75, 3.05) is 13.2 Å². The Kier molecular flexibility index (Phi) is 8.22. The molecule has 200 valence electrons. The summed E-state index contributed by atoms with van der Waals surface area (Å²) in [4.78, 5) is 28.7. The minimum Gasteiger partial charge on any atom is -0.507 e. The van der Waals surface area contributed by atoms with Gasteiger partial charge in [-0.15, -0.1) is 0 Å². The maximum absolute atomic E-state index is 13.6. The van der Waals surface area contributed by atoms with Gasteiger partial charge in [0.15, 0.2) is 0 Å². The van der Waals surface area contributed by atoms with Crippen molar-refractivity contribution in [1.82, 2.24) is 4.90 Å². The first-order chi connectivity index (χ1) is 17.9. The molecule has 0 radical (unpaired) electrons. The third-order valence-corrected chi connectivity index (χ3v) is 9.31. The number of phenolic OH excluding ortho intramolecular Hbond substituents is 1. The van der Waals surface area contributed by atoms with Gasteiger partial charge in [0.1, 0.15) is 5.75 Å². The monoisotopic (exact) mass is 571 g/mol. The van der Waals surface area contributed by atoms with Gasteiger partial charge in [-0.25, -0.2) is 0 Å². The Bertz CT molecular complexity index is 1110. The molecule has 3 fully saturated rings. The Labute approximate surface area is 227 Å². The predicted molar refractivity (Wildman–Crippen MR) is 146 cm³/mol. The number of aliphatic hydroxyl groups is 1. The van der Waals surface area contributed by atoms with Gasteiger partial charge in [0.05, 0.1) is 31.2 Å². The first-order valence-corrected chi connectivity index (χ1v) is 14.7. The fraction of sp³-hybridized carbons (Fsp3) is 0.600. The molecule has 2 saturated heterocycles. The maximum Gasteiger partial charge on any atom is 0.234 e. The van der Waals surface area contributed by atoms with Crippen molar-refractivity contribution in [3.05, 3.63) is 45.0 Å². The van der Waals surface area contributed by atoms with Gasteiger partial charge >= 0.3 is 0 Å². The number of carbonyl (C=O) groups is 2. The summed E-state index contributed by atoms with van der Waals surface area (Å²) in [6.45, 7) is 2.48. The number of rotatable bonds is 8. The number of nitrogens with zero attached hydrogens (tertiary/aromatic N) is 1. The van der Waals surface area contributed by atoms with Crippen LogP contribution in [-0.2, 0) is 14.3 Å². The van der Waals surface area contributed by atoms with E-state index in [9.17, 15) is 19.8 Å². The van der Waals surface area contributed by atoms with Crippen molar-refractivity contribution >= 4 is 33.8 Å². The standard InChI is InChI=1S/C30H38BrNO5/c1-2-6-18(13-19-14-21(31)10-11-25(19)34)9-12-26-27-20(16-33)15-23-28(24(27)17-37-26)30(36)32(29(23)35)22-7-4-3-5-8-22/h10-11,13-14,22-24,26,28,33-34H,2-9,12,15-17H2,1H3/b18-13+/t23-,24+,26-,28-/m1/s1. The van der Waals surface area contributed by atoms with Crippen LogP contribution in [0.1, 0.15) is 76.7 Å². The van der Waals surface area contributed by atoms with Crippen LogP contribution in [0.15, 0.2) is 39.4 Å². The topological polar surface area (TPSA) is 87.1 Å². The Morgan fingerprint density at radius 1 is 1.14 bits per heavy atom. The molecule has 6 nitrogen and oxygen atoms in total. The fourth-order valence-corrected chi connectivity index (χ4v) is 7.49. The van der Waals surface area contributed by atoms with Crippen LogP contribution in [0.4, 0.5) is 0 Å². The first-order valence-electron chi connectivity index (χ1n) is 13.9. The molecule has 2 aliphatic carbocycles. The van der Waals surface area contributed by atoms with Crippen LogP contribution in [0.2, 0.25) is 0 Å². The van der Waals surface area contributed by atoms with Crippen molar-refractivity contribution < 1.29 is 24.5 Å². The number of hydrogen-bond donors (Lipinski definition) is 2. The summed E-state index contributed by atoms with van der Waals surface area (Å²) in [5.41, 5.74) is 3.98. The van der Waals surface area contributed by atoms with Crippen molar-refractivity contribution in [2.45, 2.75) is 83.3 Å². The molecular formula is C30H38BrNO5. The predicted octanol–water partition coefficient (Wildman–Crippen LogP) is 5.76. The second-order valence-electron chi connectivity index (χ2n) is 11.1. The summed E-state index contributed by atoms with van der Waals surface area (Å²) in [5.74, 6) is -0.621. The number of benzene rings is 1. The van der Waals surface area contributed by atoms with Gasteiger partial charge < -0.3 is 14.9 Å². The number of hydrogen-bond acceptors (Lipinski definition) is 5. The van der Waals surface area contributed by atoms with Crippen LogP contribution < -0.4 is 0 Å². The lowest BCUT2D eigenvalue weighted by atomic mass is 9.69. The quantitative estimate of drug-likeness (QED) is 0.306. The largest absolute Gasteiger partial charge is 0.507 e. The number of phenols is 1. The van der Waals surface area contributed by atoms with Crippen LogP contribution >= 0.6 is 15.9 Å². The van der Waals surface area contributed by atoms with Gasteiger partial charge in [-0.05, 0) is 67.9 Å². The Hall–Kier alpha value is -1.96. The first kappa shape index (κ1) is 26.6. The average Bonchev–Trinajstić information content (AvgIpc) is 3.43. The number of ether oxygens (including phenoxy) is 1. The summed E-state index contributed by atoms with van der Waals surface area (Å²) in [6, 6.07) is 5.47. The molecule has 1 saturated carbocycles. The zero-order valence-electron chi connectivity index (χ0n) is 21.6. The Morgan fingerprint density at radius 3 is 2.65 bits per heavy atom. The zero-order valence-corrected chi connectivity index (χ0v) is 23.2. The van der Waals surface area contributed by atoms with Gasteiger partial charge in [0.2, 0.25) is 11.8 Å². The number of carbonyl (C=O) groups excluding carboxylic acids is 2. The molecular weight excluding hydrogens is 534 g/mol. The number of allylic oxidation sites excluding steroid dienone is 1. The van der Waals surface area contributed by atoms with E-state index in [4.69, 9.17) is 4.74 Å². The van der Waals surface area contributed by atoms with Gasteiger partial charge in [0.25, 0.3) is 0 Å². The molecule has 7 heteroatoms. The van der Waals surface area contributed by atoms with Crippen LogP contribution in [0, 0.1) is 17.8 Å². The molecule has 4 atom stereocenters. The lowest BCUT2D eigenvalue weighted by Crippen LogP contribution is -2.42.